The number of nitrogens with one attached hydrogen (secondary N) is 1. The van der Waals surface area contributed by atoms with Crippen LogP contribution in [0, 0.1) is 0 Å². The van der Waals surface area contributed by atoms with Gasteiger partial charge in [0.2, 0.25) is 11.8 Å². The first-order chi connectivity index (χ1) is 15.3. The van der Waals surface area contributed by atoms with Crippen LogP contribution >= 0.6 is 23.2 Å². The van der Waals surface area contributed by atoms with Gasteiger partial charge in [0, 0.05) is 29.1 Å². The maximum Gasteiger partial charge on any atom is 0.243 e. The van der Waals surface area contributed by atoms with E-state index in [-0.39, 0.29) is 30.8 Å². The van der Waals surface area contributed by atoms with Gasteiger partial charge < -0.3 is 15.0 Å². The van der Waals surface area contributed by atoms with Gasteiger partial charge in [-0.15, -0.1) is 0 Å². The van der Waals surface area contributed by atoms with E-state index >= 15 is 0 Å². The molecule has 0 aliphatic carbocycles. The van der Waals surface area contributed by atoms with E-state index in [0.717, 1.165) is 12.0 Å². The minimum absolute atomic E-state index is 0.0431. The van der Waals surface area contributed by atoms with Crippen molar-refractivity contribution in [1.29, 1.82) is 0 Å². The number of benzene rings is 2. The molecule has 7 heteroatoms. The van der Waals surface area contributed by atoms with Crippen LogP contribution in [0.1, 0.15) is 52.0 Å². The van der Waals surface area contributed by atoms with Crippen LogP contribution in [-0.4, -0.2) is 35.4 Å². The van der Waals surface area contributed by atoms with Gasteiger partial charge in [-0.3, -0.25) is 9.59 Å². The van der Waals surface area contributed by atoms with E-state index in [9.17, 15) is 9.59 Å². The van der Waals surface area contributed by atoms with E-state index < -0.39 is 6.04 Å². The van der Waals surface area contributed by atoms with Gasteiger partial charge in [-0.05, 0) is 62.1 Å². The predicted octanol–water partition coefficient (Wildman–Crippen LogP) is 5.87. The van der Waals surface area contributed by atoms with Crippen molar-refractivity contribution < 1.29 is 14.3 Å². The number of nitrogens with zero attached hydrogens (tertiary/aromatic N) is 1. The normalized spacial score (nSPS) is 12.7. The summed E-state index contributed by atoms with van der Waals surface area (Å²) in [6.07, 6.45) is 2.14. The van der Waals surface area contributed by atoms with Gasteiger partial charge >= 0.3 is 0 Å². The summed E-state index contributed by atoms with van der Waals surface area (Å²) in [6, 6.07) is 14.0. The Morgan fingerprint density at radius 2 is 1.72 bits per heavy atom. The number of halogens is 2. The molecule has 2 unspecified atom stereocenters. The van der Waals surface area contributed by atoms with Crippen molar-refractivity contribution in [3.63, 3.8) is 0 Å². The highest BCUT2D eigenvalue weighted by atomic mass is 35.5. The van der Waals surface area contributed by atoms with E-state index in [4.69, 9.17) is 27.9 Å². The Balaban J connectivity index is 2.07. The Labute approximate surface area is 201 Å². The van der Waals surface area contributed by atoms with Crippen molar-refractivity contribution in [2.75, 3.05) is 6.61 Å². The molecule has 0 aromatic heterocycles. The fourth-order valence-electron chi connectivity index (χ4n) is 3.26. The maximum atomic E-state index is 13.2. The first kappa shape index (κ1) is 26.0. The van der Waals surface area contributed by atoms with Crippen molar-refractivity contribution in [1.82, 2.24) is 10.2 Å². The summed E-state index contributed by atoms with van der Waals surface area (Å²) in [6.45, 7) is 6.56. The molecule has 32 heavy (non-hydrogen) atoms. The molecule has 174 valence electrons. The third kappa shape index (κ3) is 8.03. The SMILES string of the molecule is CCC(C)NC(=O)C(CC)N(Cc1ccccc1Cl)C(=O)CCCOc1ccc(Cl)cc1. The summed E-state index contributed by atoms with van der Waals surface area (Å²) in [5.74, 6) is 0.463. The standard InChI is InChI=1S/C25H32Cl2N2O3/c1-4-18(3)28-25(31)23(5-2)29(17-19-9-6-7-10-22(19)27)24(30)11-8-16-32-21-14-12-20(26)13-15-21/h6-7,9-10,12-15,18,23H,4-5,8,11,16-17H2,1-3H3,(H,28,31). The Morgan fingerprint density at radius 3 is 2.34 bits per heavy atom. The molecule has 0 fully saturated rings. The lowest BCUT2D eigenvalue weighted by molar-refractivity contribution is -0.141. The Morgan fingerprint density at radius 1 is 1.03 bits per heavy atom. The molecule has 5 nitrogen and oxygen atoms in total. The van der Waals surface area contributed by atoms with Crippen LogP contribution in [-0.2, 0) is 16.1 Å². The average molecular weight is 479 g/mol. The van der Waals surface area contributed by atoms with Crippen molar-refractivity contribution >= 4 is 35.0 Å². The second kappa shape index (κ2) is 13.3. The zero-order chi connectivity index (χ0) is 23.5. The molecular formula is C25H32Cl2N2O3. The summed E-state index contributed by atoms with van der Waals surface area (Å²) in [7, 11) is 0. The maximum absolute atomic E-state index is 13.2. The van der Waals surface area contributed by atoms with Gasteiger partial charge in [0.1, 0.15) is 11.8 Å². The average Bonchev–Trinajstić information content (AvgIpc) is 2.78. The van der Waals surface area contributed by atoms with Crippen molar-refractivity contribution in [2.45, 2.75) is 65.1 Å². The molecule has 2 amide bonds. The lowest BCUT2D eigenvalue weighted by Crippen LogP contribution is -2.50. The number of carbonyl (C=O) groups is 2. The van der Waals surface area contributed by atoms with Crippen LogP contribution in [0.15, 0.2) is 48.5 Å². The molecule has 0 saturated carbocycles. The Bertz CT molecular complexity index is 874. The fraction of sp³-hybridized carbons (Fsp3) is 0.440. The van der Waals surface area contributed by atoms with Gasteiger partial charge in [0.25, 0.3) is 0 Å². The Kier molecular flexibility index (Phi) is 10.8. The lowest BCUT2D eigenvalue weighted by atomic mass is 10.1. The highest BCUT2D eigenvalue weighted by molar-refractivity contribution is 6.31. The van der Waals surface area contributed by atoms with E-state index in [1.165, 1.54) is 0 Å². The van der Waals surface area contributed by atoms with E-state index in [1.807, 2.05) is 39.0 Å². The van der Waals surface area contributed by atoms with E-state index in [0.29, 0.717) is 35.2 Å². The van der Waals surface area contributed by atoms with Gasteiger partial charge in [-0.1, -0.05) is 55.2 Å². The molecule has 0 aliphatic heterocycles. The van der Waals surface area contributed by atoms with Gasteiger partial charge in [-0.25, -0.2) is 0 Å². The molecule has 0 radical (unpaired) electrons. The Hall–Kier alpha value is -2.24. The molecule has 2 atom stereocenters. The number of hydrogen-bond donors (Lipinski definition) is 1. The molecule has 2 aromatic carbocycles. The molecule has 0 aliphatic rings. The van der Waals surface area contributed by atoms with Crippen LogP contribution in [0.2, 0.25) is 10.0 Å². The van der Waals surface area contributed by atoms with Gasteiger partial charge in [-0.2, -0.15) is 0 Å². The smallest absolute Gasteiger partial charge is 0.243 e. The molecule has 0 bridgehead atoms. The highest BCUT2D eigenvalue weighted by Crippen LogP contribution is 2.21. The van der Waals surface area contributed by atoms with Crippen molar-refractivity contribution in [3.8, 4) is 5.75 Å². The van der Waals surface area contributed by atoms with Crippen LogP contribution in [0.5, 0.6) is 5.75 Å². The lowest BCUT2D eigenvalue weighted by Gasteiger charge is -2.31. The predicted molar refractivity (Wildman–Crippen MR) is 130 cm³/mol. The third-order valence-corrected chi connectivity index (χ3v) is 5.92. The zero-order valence-corrected chi connectivity index (χ0v) is 20.5. The number of hydrogen-bond acceptors (Lipinski definition) is 3. The van der Waals surface area contributed by atoms with Gasteiger partial charge in [0.15, 0.2) is 0 Å². The first-order valence-electron chi connectivity index (χ1n) is 11.1. The van der Waals surface area contributed by atoms with E-state index in [2.05, 4.69) is 5.32 Å². The zero-order valence-electron chi connectivity index (χ0n) is 18.9. The topological polar surface area (TPSA) is 58.6 Å². The molecule has 2 rings (SSSR count). The fourth-order valence-corrected chi connectivity index (χ4v) is 3.58. The quantitative estimate of drug-likeness (QED) is 0.387. The summed E-state index contributed by atoms with van der Waals surface area (Å²) in [5, 5.41) is 4.23. The summed E-state index contributed by atoms with van der Waals surface area (Å²) >= 11 is 12.2. The second-order valence-corrected chi connectivity index (χ2v) is 8.60. The highest BCUT2D eigenvalue weighted by Gasteiger charge is 2.29. The monoisotopic (exact) mass is 478 g/mol. The van der Waals surface area contributed by atoms with Crippen LogP contribution in [0.4, 0.5) is 0 Å². The summed E-state index contributed by atoms with van der Waals surface area (Å²) < 4.78 is 5.70. The van der Waals surface area contributed by atoms with Crippen LogP contribution in [0.25, 0.3) is 0 Å². The van der Waals surface area contributed by atoms with Crippen molar-refractivity contribution in [2.24, 2.45) is 0 Å². The summed E-state index contributed by atoms with van der Waals surface area (Å²) in [4.78, 5) is 27.8. The third-order valence-electron chi connectivity index (χ3n) is 5.30. The van der Waals surface area contributed by atoms with Crippen molar-refractivity contribution in [3.05, 3.63) is 64.1 Å². The largest absolute Gasteiger partial charge is 0.494 e. The number of rotatable bonds is 12. The molecule has 0 heterocycles. The number of carbonyl (C=O) groups excluding carboxylic acids is 2. The van der Waals surface area contributed by atoms with Gasteiger partial charge in [0.05, 0.1) is 6.61 Å². The minimum atomic E-state index is -0.565. The number of ether oxygens (including phenoxy) is 1. The van der Waals surface area contributed by atoms with E-state index in [1.54, 1.807) is 35.2 Å². The molecular weight excluding hydrogens is 447 g/mol. The molecule has 0 saturated heterocycles. The summed E-state index contributed by atoms with van der Waals surface area (Å²) in [5.41, 5.74) is 0.815. The minimum Gasteiger partial charge on any atom is -0.494 e. The molecule has 1 N–H and O–H groups in total. The van der Waals surface area contributed by atoms with Crippen LogP contribution in [0.3, 0.4) is 0 Å². The van der Waals surface area contributed by atoms with Crippen LogP contribution < -0.4 is 10.1 Å². The second-order valence-electron chi connectivity index (χ2n) is 7.76. The molecule has 0 spiro atoms. The molecule has 2 aromatic rings. The number of amides is 2. The first-order valence-corrected chi connectivity index (χ1v) is 11.8.